The van der Waals surface area contributed by atoms with Crippen LogP contribution in [0, 0.1) is 12.8 Å². The number of aromatic nitrogens is 2. The van der Waals surface area contributed by atoms with Gasteiger partial charge in [-0.25, -0.2) is 14.8 Å². The standard InChI is InChI=1S/C43H46N6O8/c1-22-13-31(51)38-32(54-22)18-33-37(39(38)52)28-8-7-26(5-4-12-50)43(41(53)55-40(28)42(2,3)56-33)34(57-43)9-6-23-14-29(48-35(44)15-23)25-16-27(47-36(45)17-25)20-49-19-24-10-11-46-30(24)21-49/h10-11,13-18,21,26,28,34,40,50,52H,4-9,12,19-20H2,1-3H3,(H2,44,48)(H2,45,47)/p+1/t26-,28-,34-,40-,43+/m1/s1. The van der Waals surface area contributed by atoms with E-state index in [2.05, 4.69) is 21.2 Å². The molecule has 1 spiro atoms. The highest BCUT2D eigenvalue weighted by Gasteiger charge is 2.69. The van der Waals surface area contributed by atoms with Gasteiger partial charge in [-0.1, -0.05) is 0 Å². The second kappa shape index (κ2) is 13.8. The van der Waals surface area contributed by atoms with Crippen LogP contribution in [-0.4, -0.2) is 68.9 Å². The number of fused-ring (bicyclic) bond motifs is 5. The average molecular weight is 776 g/mol. The Hall–Kier alpha value is -5.57. The Morgan fingerprint density at radius 3 is 2.65 bits per heavy atom. The third kappa shape index (κ3) is 6.55. The van der Waals surface area contributed by atoms with Crippen molar-refractivity contribution >= 4 is 34.8 Å². The van der Waals surface area contributed by atoms with Gasteiger partial charge < -0.3 is 40.3 Å². The number of hydrogen-bond acceptors (Lipinski definition) is 13. The van der Waals surface area contributed by atoms with Gasteiger partial charge in [-0.3, -0.25) is 14.7 Å². The molecule has 6 atom stereocenters. The molecule has 5 aliphatic heterocycles. The number of pyridine rings is 2. The van der Waals surface area contributed by atoms with Crippen molar-refractivity contribution < 1.29 is 38.5 Å². The number of quaternary nitrogens is 1. The Balaban J connectivity index is 0.957. The van der Waals surface area contributed by atoms with E-state index < -0.39 is 35.3 Å². The zero-order valence-corrected chi connectivity index (χ0v) is 32.2. The van der Waals surface area contributed by atoms with Crippen molar-refractivity contribution in [3.63, 3.8) is 0 Å². The molecule has 9 rings (SSSR count). The van der Waals surface area contributed by atoms with Crippen molar-refractivity contribution in [3.8, 4) is 22.8 Å². The quantitative estimate of drug-likeness (QED) is 0.121. The first kappa shape index (κ1) is 37.0. The highest BCUT2D eigenvalue weighted by molar-refractivity contribution is 5.88. The van der Waals surface area contributed by atoms with E-state index in [4.69, 9.17) is 30.1 Å². The molecule has 3 aromatic heterocycles. The number of nitrogen functional groups attached to an aromatic ring is 2. The Kier molecular flexibility index (Phi) is 8.98. The van der Waals surface area contributed by atoms with E-state index >= 15 is 0 Å². The number of ether oxygens (including phenoxy) is 3. The lowest BCUT2D eigenvalue weighted by atomic mass is 9.72. The summed E-state index contributed by atoms with van der Waals surface area (Å²) in [7, 11) is 0. The summed E-state index contributed by atoms with van der Waals surface area (Å²) in [5, 5.41) is 21.5. The zero-order chi connectivity index (χ0) is 39.8. The van der Waals surface area contributed by atoms with Crippen molar-refractivity contribution in [3.05, 3.63) is 92.7 Å². The minimum Gasteiger partial charge on any atom is -0.507 e. The summed E-state index contributed by atoms with van der Waals surface area (Å²) >= 11 is 0. The maximum Gasteiger partial charge on any atom is 0.341 e. The van der Waals surface area contributed by atoms with Crippen LogP contribution in [0.3, 0.4) is 0 Å². The summed E-state index contributed by atoms with van der Waals surface area (Å²) in [5.41, 5.74) is 16.2. The number of aliphatic hydroxyl groups excluding tert-OH is 1. The molecule has 296 valence electrons. The molecule has 0 saturated carbocycles. The van der Waals surface area contributed by atoms with Crippen LogP contribution in [0.5, 0.6) is 11.5 Å². The SMILES string of the molecule is Cc1cc(=O)c2c(O)c3c(cc2o1)OC(C)(C)[C@@H]1OC(=O)[C@]2(O[C@@H]2CCc2cc(N)nc(-c4cc(N)nc(C[NH+]5C=C6N=CC=C6C5)c4)c2)[C@H](CCCO)CC[C@H]31. The maximum absolute atomic E-state index is 14.5. The molecule has 1 unspecified atom stereocenters. The van der Waals surface area contributed by atoms with E-state index in [9.17, 15) is 19.8 Å². The van der Waals surface area contributed by atoms with Crippen LogP contribution in [0.2, 0.25) is 0 Å². The molecule has 0 amide bonds. The van der Waals surface area contributed by atoms with E-state index in [1.807, 2.05) is 44.3 Å². The average Bonchev–Trinajstić information content (AvgIpc) is 3.51. The van der Waals surface area contributed by atoms with Crippen LogP contribution in [0.4, 0.5) is 11.6 Å². The van der Waals surface area contributed by atoms with Crippen LogP contribution >= 0.6 is 0 Å². The number of nitrogens with one attached hydrogen (secondary N) is 1. The first-order valence-electron chi connectivity index (χ1n) is 19.7. The molecule has 0 radical (unpaired) electrons. The highest BCUT2D eigenvalue weighted by Crippen LogP contribution is 2.57. The lowest BCUT2D eigenvalue weighted by Crippen LogP contribution is -3.04. The monoisotopic (exact) mass is 775 g/mol. The molecule has 5 aliphatic rings. The molecule has 0 bridgehead atoms. The van der Waals surface area contributed by atoms with Crippen LogP contribution in [0.15, 0.2) is 74.1 Å². The summed E-state index contributed by atoms with van der Waals surface area (Å²) in [4.78, 5) is 42.4. The first-order chi connectivity index (χ1) is 27.3. The van der Waals surface area contributed by atoms with Gasteiger partial charge in [-0.05, 0) is 95.2 Å². The number of aliphatic hydroxyl groups is 1. The number of phenolic OH excluding ortho intramolecular Hbond substituents is 1. The number of aryl methyl sites for hydroxylation is 2. The number of anilines is 2. The highest BCUT2D eigenvalue weighted by atomic mass is 16.7. The molecule has 0 aliphatic carbocycles. The molecular weight excluding hydrogens is 729 g/mol. The molecular formula is C43H47N6O8+. The number of aliphatic imine (C=N–C) groups is 1. The van der Waals surface area contributed by atoms with Crippen molar-refractivity contribution in [1.29, 1.82) is 0 Å². The van der Waals surface area contributed by atoms with Crippen LogP contribution in [0.25, 0.3) is 22.2 Å². The number of rotatable bonds is 9. The molecule has 4 aromatic rings. The normalized spacial score (nSPS) is 26.8. The number of hydrogen-bond donors (Lipinski definition) is 5. The summed E-state index contributed by atoms with van der Waals surface area (Å²) < 4.78 is 25.1. The molecule has 7 N–H and O–H groups in total. The van der Waals surface area contributed by atoms with Gasteiger partial charge in [0, 0.05) is 53.5 Å². The van der Waals surface area contributed by atoms with E-state index in [1.165, 1.54) is 16.5 Å². The lowest BCUT2D eigenvalue weighted by Gasteiger charge is -2.46. The van der Waals surface area contributed by atoms with Gasteiger partial charge in [-0.15, -0.1) is 0 Å². The van der Waals surface area contributed by atoms with Crippen molar-refractivity contribution in [2.24, 2.45) is 10.9 Å². The number of carbonyl (C=O) groups excluding carboxylic acids is 1. The van der Waals surface area contributed by atoms with E-state index in [1.54, 1.807) is 19.1 Å². The molecule has 1 aromatic carbocycles. The summed E-state index contributed by atoms with van der Waals surface area (Å²) in [5.74, 6) is 0.120. The fourth-order valence-electron chi connectivity index (χ4n) is 9.57. The number of nitrogens with zero attached hydrogens (tertiary/aromatic N) is 3. The number of phenols is 1. The Labute approximate surface area is 328 Å². The summed E-state index contributed by atoms with van der Waals surface area (Å²) in [6, 6.07) is 10.6. The number of carbonyl (C=O) groups is 1. The minimum absolute atomic E-state index is 0.0337. The fourth-order valence-corrected chi connectivity index (χ4v) is 9.57. The van der Waals surface area contributed by atoms with Gasteiger partial charge in [0.05, 0.1) is 17.5 Å². The number of nitrogens with two attached hydrogens (primary N) is 2. The second-order valence-corrected chi connectivity index (χ2v) is 16.5. The van der Waals surface area contributed by atoms with E-state index in [0.29, 0.717) is 79.5 Å². The number of allylic oxidation sites excluding steroid dienone is 1. The largest absolute Gasteiger partial charge is 0.507 e. The van der Waals surface area contributed by atoms with Crippen molar-refractivity contribution in [1.82, 2.24) is 9.97 Å². The number of epoxide rings is 1. The maximum atomic E-state index is 14.5. The van der Waals surface area contributed by atoms with Crippen molar-refractivity contribution in [2.45, 2.75) is 95.2 Å². The van der Waals surface area contributed by atoms with Gasteiger partial charge in [0.2, 0.25) is 0 Å². The molecule has 8 heterocycles. The van der Waals surface area contributed by atoms with Gasteiger partial charge in [0.15, 0.2) is 11.0 Å². The number of esters is 1. The lowest BCUT2D eigenvalue weighted by molar-refractivity contribution is -0.852. The predicted octanol–water partition coefficient (Wildman–Crippen LogP) is 3.80. The van der Waals surface area contributed by atoms with E-state index in [0.717, 1.165) is 29.1 Å². The van der Waals surface area contributed by atoms with Gasteiger partial charge in [0.1, 0.15) is 76.6 Å². The molecule has 14 heteroatoms. The minimum atomic E-state index is -1.20. The molecule has 14 nitrogen and oxygen atoms in total. The molecule has 57 heavy (non-hydrogen) atoms. The van der Waals surface area contributed by atoms with E-state index in [-0.39, 0.29) is 34.7 Å². The van der Waals surface area contributed by atoms with Crippen LogP contribution in [0.1, 0.15) is 74.5 Å². The number of aromatic hydroxyl groups is 1. The third-order valence-corrected chi connectivity index (χ3v) is 12.1. The third-order valence-electron chi connectivity index (χ3n) is 12.1. The summed E-state index contributed by atoms with van der Waals surface area (Å²) in [6.07, 6.45) is 7.92. The Morgan fingerprint density at radius 1 is 1.02 bits per heavy atom. The molecule has 2 fully saturated rings. The number of benzene rings is 1. The Morgan fingerprint density at radius 2 is 1.84 bits per heavy atom. The second-order valence-electron chi connectivity index (χ2n) is 16.5. The Bertz CT molecular complexity index is 2470. The van der Waals surface area contributed by atoms with Crippen molar-refractivity contribution in [2.75, 3.05) is 24.6 Å². The zero-order valence-electron chi connectivity index (χ0n) is 32.2. The first-order valence-corrected chi connectivity index (χ1v) is 19.7. The smallest absolute Gasteiger partial charge is 0.341 e. The summed E-state index contributed by atoms with van der Waals surface area (Å²) in [6.45, 7) is 6.82. The molecule has 2 saturated heterocycles. The topological polar surface area (TPSA) is 213 Å². The van der Waals surface area contributed by atoms with Gasteiger partial charge in [0.25, 0.3) is 0 Å². The predicted molar refractivity (Wildman–Crippen MR) is 212 cm³/mol. The van der Waals surface area contributed by atoms with Crippen LogP contribution in [-0.2, 0) is 27.2 Å². The fraction of sp³-hybridized carbons (Fsp3) is 0.419. The van der Waals surface area contributed by atoms with Crippen LogP contribution < -0.4 is 26.5 Å². The van der Waals surface area contributed by atoms with Gasteiger partial charge in [-0.2, -0.15) is 0 Å². The van der Waals surface area contributed by atoms with Gasteiger partial charge >= 0.3 is 5.97 Å².